The molecule has 2 aromatic heterocycles. The quantitative estimate of drug-likeness (QED) is 0.776. The maximum Gasteiger partial charge on any atom is 0.315 e. The summed E-state index contributed by atoms with van der Waals surface area (Å²) in [6.45, 7) is 7.12. The number of rotatable bonds is 7. The zero-order valence-electron chi connectivity index (χ0n) is 11.3. The highest BCUT2D eigenvalue weighted by Crippen LogP contribution is 2.13. The van der Waals surface area contributed by atoms with Crippen molar-refractivity contribution in [2.45, 2.75) is 39.8 Å². The van der Waals surface area contributed by atoms with Gasteiger partial charge in [-0.1, -0.05) is 17.2 Å². The molecule has 0 spiro atoms. The van der Waals surface area contributed by atoms with Gasteiger partial charge >= 0.3 is 6.01 Å². The Labute approximate surface area is 111 Å². The summed E-state index contributed by atoms with van der Waals surface area (Å²) in [7, 11) is 0. The van der Waals surface area contributed by atoms with E-state index in [1.807, 2.05) is 6.92 Å². The molecule has 1 unspecified atom stereocenters. The molecule has 0 amide bonds. The summed E-state index contributed by atoms with van der Waals surface area (Å²) < 4.78 is 10.4. The van der Waals surface area contributed by atoms with Crippen LogP contribution in [0, 0.1) is 6.92 Å². The number of nitrogens with one attached hydrogen (secondary N) is 2. The average molecular weight is 266 g/mol. The van der Waals surface area contributed by atoms with Gasteiger partial charge in [0.2, 0.25) is 11.8 Å². The first-order valence-electron chi connectivity index (χ1n) is 6.29. The van der Waals surface area contributed by atoms with E-state index >= 15 is 0 Å². The van der Waals surface area contributed by atoms with Crippen LogP contribution in [0.25, 0.3) is 0 Å². The molecule has 0 aliphatic carbocycles. The predicted octanol–water partition coefficient (Wildman–Crippen LogP) is 1.43. The molecule has 0 aliphatic heterocycles. The van der Waals surface area contributed by atoms with Gasteiger partial charge in [0, 0.05) is 6.92 Å². The fourth-order valence-electron chi connectivity index (χ4n) is 1.50. The van der Waals surface area contributed by atoms with Gasteiger partial charge in [0.1, 0.15) is 0 Å². The predicted molar refractivity (Wildman–Crippen MR) is 67.4 cm³/mol. The third-order valence-electron chi connectivity index (χ3n) is 2.48. The van der Waals surface area contributed by atoms with Crippen LogP contribution >= 0.6 is 0 Å². The Morgan fingerprint density at radius 1 is 1.32 bits per heavy atom. The molecule has 104 valence electrons. The van der Waals surface area contributed by atoms with Gasteiger partial charge in [-0.15, -0.1) is 5.10 Å². The Kier molecular flexibility index (Phi) is 4.45. The van der Waals surface area contributed by atoms with Crippen molar-refractivity contribution in [3.8, 4) is 0 Å². The molecule has 2 aromatic rings. The van der Waals surface area contributed by atoms with E-state index in [0.717, 1.165) is 13.0 Å². The smallest absolute Gasteiger partial charge is 0.315 e. The molecule has 1 atom stereocenters. The fraction of sp³-hybridized carbons (Fsp3) is 0.636. The van der Waals surface area contributed by atoms with Crippen LogP contribution in [0.2, 0.25) is 0 Å². The molecule has 2 N–H and O–H groups in total. The summed E-state index contributed by atoms with van der Waals surface area (Å²) in [5, 5.41) is 17.9. The van der Waals surface area contributed by atoms with Crippen molar-refractivity contribution in [2.75, 3.05) is 11.9 Å². The Morgan fingerprint density at radius 3 is 2.84 bits per heavy atom. The summed E-state index contributed by atoms with van der Waals surface area (Å²) in [5.74, 6) is 1.63. The fourth-order valence-corrected chi connectivity index (χ4v) is 1.50. The van der Waals surface area contributed by atoms with Crippen molar-refractivity contribution in [1.29, 1.82) is 0 Å². The minimum Gasteiger partial charge on any atom is -0.406 e. The molecule has 0 aromatic carbocycles. The lowest BCUT2D eigenvalue weighted by atomic mass is 10.3. The van der Waals surface area contributed by atoms with Crippen LogP contribution in [0.4, 0.5) is 6.01 Å². The van der Waals surface area contributed by atoms with Crippen LogP contribution < -0.4 is 10.6 Å². The molecule has 0 aliphatic rings. The zero-order valence-corrected chi connectivity index (χ0v) is 11.3. The van der Waals surface area contributed by atoms with Crippen molar-refractivity contribution >= 4 is 6.01 Å². The molecular weight excluding hydrogens is 248 g/mol. The molecule has 2 rings (SSSR count). The topological polar surface area (TPSA) is 102 Å². The molecule has 0 fully saturated rings. The summed E-state index contributed by atoms with van der Waals surface area (Å²) in [6.07, 6.45) is 1.06. The van der Waals surface area contributed by atoms with Crippen LogP contribution in [0.5, 0.6) is 0 Å². The second-order valence-electron chi connectivity index (χ2n) is 4.20. The lowest BCUT2D eigenvalue weighted by Crippen LogP contribution is -2.19. The Balaban J connectivity index is 1.86. The number of anilines is 1. The standard InChI is InChI=1S/C11H18N6O2/c1-4-5-12-7(2)10-15-16-11(18-10)13-6-9-14-8(3)19-17-9/h7,12H,4-6H2,1-3H3,(H,13,16). The number of hydrogen-bond acceptors (Lipinski definition) is 8. The molecule has 8 heteroatoms. The van der Waals surface area contributed by atoms with E-state index in [-0.39, 0.29) is 6.04 Å². The number of nitrogens with zero attached hydrogens (tertiary/aromatic N) is 4. The van der Waals surface area contributed by atoms with E-state index in [9.17, 15) is 0 Å². The van der Waals surface area contributed by atoms with Crippen LogP contribution in [-0.2, 0) is 6.54 Å². The third kappa shape index (κ3) is 3.75. The summed E-state index contributed by atoms with van der Waals surface area (Å²) in [4.78, 5) is 4.07. The van der Waals surface area contributed by atoms with Crippen LogP contribution in [0.1, 0.15) is 43.9 Å². The second-order valence-corrected chi connectivity index (χ2v) is 4.20. The number of aromatic nitrogens is 4. The van der Waals surface area contributed by atoms with Gasteiger partial charge < -0.3 is 19.6 Å². The van der Waals surface area contributed by atoms with Crippen LogP contribution in [0.15, 0.2) is 8.94 Å². The molecule has 19 heavy (non-hydrogen) atoms. The van der Waals surface area contributed by atoms with Crippen molar-refractivity contribution in [1.82, 2.24) is 25.7 Å². The van der Waals surface area contributed by atoms with E-state index in [1.165, 1.54) is 0 Å². The Bertz CT molecular complexity index is 509. The van der Waals surface area contributed by atoms with E-state index < -0.39 is 0 Å². The third-order valence-corrected chi connectivity index (χ3v) is 2.48. The molecule has 0 saturated carbocycles. The van der Waals surface area contributed by atoms with E-state index in [2.05, 4.69) is 37.9 Å². The lowest BCUT2D eigenvalue weighted by Gasteiger charge is -2.07. The average Bonchev–Trinajstić information content (AvgIpc) is 3.02. The first-order valence-corrected chi connectivity index (χ1v) is 6.29. The van der Waals surface area contributed by atoms with Crippen molar-refractivity contribution in [3.05, 3.63) is 17.6 Å². The van der Waals surface area contributed by atoms with E-state index in [4.69, 9.17) is 8.94 Å². The summed E-state index contributed by atoms with van der Waals surface area (Å²) in [5.41, 5.74) is 0. The SMILES string of the molecule is CCCNC(C)c1nnc(NCc2noc(C)n2)o1. The molecule has 0 bridgehead atoms. The summed E-state index contributed by atoms with van der Waals surface area (Å²) in [6, 6.07) is 0.387. The Hall–Kier alpha value is -1.96. The largest absolute Gasteiger partial charge is 0.406 e. The normalized spacial score (nSPS) is 12.6. The van der Waals surface area contributed by atoms with Gasteiger partial charge in [0.15, 0.2) is 5.82 Å². The molecular formula is C11H18N6O2. The molecule has 2 heterocycles. The highest BCUT2D eigenvalue weighted by Gasteiger charge is 2.13. The second kappa shape index (κ2) is 6.28. The van der Waals surface area contributed by atoms with Crippen molar-refractivity contribution in [3.63, 3.8) is 0 Å². The molecule has 0 radical (unpaired) electrons. The van der Waals surface area contributed by atoms with Gasteiger partial charge in [0.25, 0.3) is 0 Å². The monoisotopic (exact) mass is 266 g/mol. The minimum absolute atomic E-state index is 0.0374. The van der Waals surface area contributed by atoms with E-state index in [0.29, 0.717) is 30.2 Å². The minimum atomic E-state index is 0.0374. The maximum atomic E-state index is 5.49. The number of hydrogen-bond donors (Lipinski definition) is 2. The first-order chi connectivity index (χ1) is 9.19. The van der Waals surface area contributed by atoms with Crippen LogP contribution in [-0.4, -0.2) is 26.9 Å². The van der Waals surface area contributed by atoms with Gasteiger partial charge in [-0.05, 0) is 19.9 Å². The Morgan fingerprint density at radius 2 is 2.16 bits per heavy atom. The van der Waals surface area contributed by atoms with Gasteiger partial charge in [0.05, 0.1) is 12.6 Å². The van der Waals surface area contributed by atoms with Crippen LogP contribution in [0.3, 0.4) is 0 Å². The number of aryl methyl sites for hydroxylation is 1. The van der Waals surface area contributed by atoms with Gasteiger partial charge in [-0.25, -0.2) is 0 Å². The van der Waals surface area contributed by atoms with Crippen molar-refractivity contribution in [2.24, 2.45) is 0 Å². The molecule has 0 saturated heterocycles. The molecule has 8 nitrogen and oxygen atoms in total. The maximum absolute atomic E-state index is 5.49. The van der Waals surface area contributed by atoms with Gasteiger partial charge in [-0.2, -0.15) is 4.98 Å². The highest BCUT2D eigenvalue weighted by molar-refractivity contribution is 5.18. The zero-order chi connectivity index (χ0) is 13.7. The van der Waals surface area contributed by atoms with Gasteiger partial charge in [-0.3, -0.25) is 0 Å². The lowest BCUT2D eigenvalue weighted by molar-refractivity contribution is 0.387. The van der Waals surface area contributed by atoms with Crippen molar-refractivity contribution < 1.29 is 8.94 Å². The first kappa shape index (κ1) is 13.5. The highest BCUT2D eigenvalue weighted by atomic mass is 16.5. The summed E-state index contributed by atoms with van der Waals surface area (Å²) >= 11 is 0. The van der Waals surface area contributed by atoms with E-state index in [1.54, 1.807) is 6.92 Å².